The molecule has 7 rings (SSSR count). The number of nitrogens with zero attached hydrogens (tertiary/aromatic N) is 5. The molecule has 2 fully saturated rings. The van der Waals surface area contributed by atoms with Crippen molar-refractivity contribution >= 4 is 56.0 Å². The number of carbonyl (C=O) groups is 2. The van der Waals surface area contributed by atoms with E-state index in [1.807, 2.05) is 51.7 Å². The van der Waals surface area contributed by atoms with Gasteiger partial charge in [-0.25, -0.2) is 14.8 Å². The van der Waals surface area contributed by atoms with Gasteiger partial charge in [-0.05, 0) is 65.5 Å². The number of aryl methyl sites for hydroxylation is 1. The highest BCUT2D eigenvalue weighted by Gasteiger charge is 2.37. The summed E-state index contributed by atoms with van der Waals surface area (Å²) in [7, 11) is 0. The molecule has 3 aliphatic rings. The molecule has 238 valence electrons. The van der Waals surface area contributed by atoms with Gasteiger partial charge in [0.05, 0.1) is 48.1 Å². The minimum Gasteiger partial charge on any atom is -0.484 e. The Kier molecular flexibility index (Phi) is 7.55. The predicted octanol–water partition coefficient (Wildman–Crippen LogP) is 5.05. The van der Waals surface area contributed by atoms with Crippen LogP contribution in [0.15, 0.2) is 24.7 Å². The number of anilines is 2. The molecule has 0 saturated carbocycles. The van der Waals surface area contributed by atoms with Crippen molar-refractivity contribution in [3.63, 3.8) is 0 Å². The van der Waals surface area contributed by atoms with E-state index >= 15 is 0 Å². The van der Waals surface area contributed by atoms with Crippen LogP contribution >= 0.6 is 11.3 Å². The lowest BCUT2D eigenvalue weighted by atomic mass is 9.86. The minimum absolute atomic E-state index is 0.0429. The molecule has 5 heterocycles. The van der Waals surface area contributed by atoms with Crippen LogP contribution in [0.3, 0.4) is 0 Å². The van der Waals surface area contributed by atoms with Crippen LogP contribution in [-0.2, 0) is 27.1 Å². The number of aromatic nitrogens is 4. The van der Waals surface area contributed by atoms with Gasteiger partial charge in [-0.2, -0.15) is 5.10 Å². The van der Waals surface area contributed by atoms with Crippen molar-refractivity contribution in [1.82, 2.24) is 30.0 Å². The third-order valence-corrected chi connectivity index (χ3v) is 9.68. The van der Waals surface area contributed by atoms with Gasteiger partial charge in [0.2, 0.25) is 5.91 Å². The Bertz CT molecular complexity index is 1750. The van der Waals surface area contributed by atoms with Crippen LogP contribution in [0.1, 0.15) is 51.5 Å². The van der Waals surface area contributed by atoms with Crippen LogP contribution in [0.2, 0.25) is 0 Å². The van der Waals surface area contributed by atoms with Crippen molar-refractivity contribution in [2.24, 2.45) is 5.92 Å². The maximum absolute atomic E-state index is 13.5. The van der Waals surface area contributed by atoms with E-state index in [-0.39, 0.29) is 36.2 Å². The molecule has 2 saturated heterocycles. The molecule has 1 aromatic carbocycles. The number of likely N-dealkylation sites (tertiary alicyclic amines) is 1. The van der Waals surface area contributed by atoms with Gasteiger partial charge in [0.1, 0.15) is 34.4 Å². The molecule has 0 radical (unpaired) electrons. The maximum Gasteiger partial charge on any atom is 0.410 e. The molecule has 0 bridgehead atoms. The number of thiophene rings is 1. The number of carbonyl (C=O) groups excluding carboxylic acids is 2. The van der Waals surface area contributed by atoms with Gasteiger partial charge in [0.15, 0.2) is 0 Å². The van der Waals surface area contributed by atoms with E-state index in [1.165, 1.54) is 10.4 Å². The number of benzene rings is 1. The predicted molar refractivity (Wildman–Crippen MR) is 171 cm³/mol. The van der Waals surface area contributed by atoms with Gasteiger partial charge in [-0.15, -0.1) is 11.3 Å². The van der Waals surface area contributed by atoms with Crippen LogP contribution < -0.4 is 10.1 Å². The van der Waals surface area contributed by atoms with Gasteiger partial charge in [-0.1, -0.05) is 0 Å². The highest BCUT2D eigenvalue weighted by atomic mass is 32.1. The second-order valence-electron chi connectivity index (χ2n) is 13.4. The van der Waals surface area contributed by atoms with Crippen LogP contribution in [0.5, 0.6) is 5.75 Å². The fourth-order valence-electron chi connectivity index (χ4n) is 6.49. The normalized spacial score (nSPS) is 22.3. The summed E-state index contributed by atoms with van der Waals surface area (Å²) in [6, 6.07) is 3.91. The molecule has 1 aliphatic carbocycles. The van der Waals surface area contributed by atoms with Crippen molar-refractivity contribution in [2.75, 3.05) is 31.5 Å². The molecule has 3 aromatic heterocycles. The second-order valence-corrected chi connectivity index (χ2v) is 14.5. The van der Waals surface area contributed by atoms with Crippen LogP contribution in [0, 0.1) is 5.92 Å². The van der Waals surface area contributed by atoms with Gasteiger partial charge in [0.25, 0.3) is 0 Å². The minimum atomic E-state index is -0.550. The molecule has 13 heteroatoms. The molecule has 45 heavy (non-hydrogen) atoms. The summed E-state index contributed by atoms with van der Waals surface area (Å²) in [6.07, 6.45) is 5.22. The van der Waals surface area contributed by atoms with Crippen LogP contribution in [0.25, 0.3) is 21.1 Å². The number of H-pyrrole nitrogens is 1. The summed E-state index contributed by atoms with van der Waals surface area (Å²) in [5.41, 5.74) is 2.26. The maximum atomic E-state index is 13.5. The zero-order valence-electron chi connectivity index (χ0n) is 26.3. The van der Waals surface area contributed by atoms with E-state index in [2.05, 4.69) is 25.5 Å². The fraction of sp³-hybridized carbons (Fsp3) is 0.531. The lowest BCUT2D eigenvalue weighted by Crippen LogP contribution is -2.57. The van der Waals surface area contributed by atoms with Crippen molar-refractivity contribution in [2.45, 2.75) is 77.8 Å². The Morgan fingerprint density at radius 2 is 1.87 bits per heavy atom. The summed E-state index contributed by atoms with van der Waals surface area (Å²) in [6.45, 7) is 11.8. The van der Waals surface area contributed by atoms with Gasteiger partial charge < -0.3 is 29.3 Å². The quantitative estimate of drug-likeness (QED) is 0.310. The Balaban J connectivity index is 1.11. The summed E-state index contributed by atoms with van der Waals surface area (Å²) >= 11 is 1.65. The number of aromatic amines is 1. The van der Waals surface area contributed by atoms with Gasteiger partial charge in [0, 0.05) is 35.3 Å². The molecule has 2 aliphatic heterocycles. The first-order valence-electron chi connectivity index (χ1n) is 15.6. The first-order valence-corrected chi connectivity index (χ1v) is 16.4. The molecule has 2 amide bonds. The average Bonchev–Trinajstić information content (AvgIpc) is 3.56. The van der Waals surface area contributed by atoms with E-state index in [4.69, 9.17) is 14.2 Å². The second kappa shape index (κ2) is 11.4. The summed E-state index contributed by atoms with van der Waals surface area (Å²) in [5.74, 6) is 1.52. The Labute approximate surface area is 265 Å². The average molecular weight is 634 g/mol. The molecular formula is C32H39N7O5S. The summed E-state index contributed by atoms with van der Waals surface area (Å²) in [4.78, 5) is 41.0. The smallest absolute Gasteiger partial charge is 0.410 e. The molecular weight excluding hydrogens is 594 g/mol. The van der Waals surface area contributed by atoms with E-state index in [0.717, 1.165) is 39.6 Å². The van der Waals surface area contributed by atoms with Gasteiger partial charge in [-0.3, -0.25) is 9.89 Å². The molecule has 12 nitrogen and oxygen atoms in total. The number of morpholine rings is 1. The zero-order valence-corrected chi connectivity index (χ0v) is 27.1. The van der Waals surface area contributed by atoms with Crippen molar-refractivity contribution in [3.8, 4) is 5.75 Å². The Morgan fingerprint density at radius 1 is 1.09 bits per heavy atom. The van der Waals surface area contributed by atoms with Crippen molar-refractivity contribution < 1.29 is 23.8 Å². The van der Waals surface area contributed by atoms with Crippen molar-refractivity contribution in [1.29, 1.82) is 0 Å². The monoisotopic (exact) mass is 633 g/mol. The lowest BCUT2D eigenvalue weighted by molar-refractivity contribution is -0.147. The number of amides is 2. The SMILES string of the molecule is C[C@@H]1CN(C(=O)[C@H]2CCc3c(sc4ncnc(Nc5cc6cn[nH]c6cc5OC5CN(C(=O)OC(C)(C)C)C5)c34)C2)C[C@H](C)O1. The number of hydrogen-bond acceptors (Lipinski definition) is 10. The number of fused-ring (bicyclic) bond motifs is 4. The molecule has 2 N–H and O–H groups in total. The molecule has 0 spiro atoms. The first-order chi connectivity index (χ1) is 21.5. The van der Waals surface area contributed by atoms with Crippen LogP contribution in [-0.4, -0.2) is 92.1 Å². The molecule has 0 unspecified atom stereocenters. The number of rotatable bonds is 5. The number of hydrogen-bond donors (Lipinski definition) is 2. The third kappa shape index (κ3) is 6.02. The topological polar surface area (TPSA) is 135 Å². The zero-order chi connectivity index (χ0) is 31.5. The summed E-state index contributed by atoms with van der Waals surface area (Å²) < 4.78 is 17.8. The Morgan fingerprint density at radius 3 is 2.62 bits per heavy atom. The largest absolute Gasteiger partial charge is 0.484 e. The highest BCUT2D eigenvalue weighted by molar-refractivity contribution is 7.19. The molecule has 4 aromatic rings. The number of nitrogens with one attached hydrogen (secondary N) is 2. The van der Waals surface area contributed by atoms with E-state index < -0.39 is 5.60 Å². The van der Waals surface area contributed by atoms with Crippen molar-refractivity contribution in [3.05, 3.63) is 35.1 Å². The fourth-order valence-corrected chi connectivity index (χ4v) is 7.76. The highest BCUT2D eigenvalue weighted by Crippen LogP contribution is 2.42. The molecule has 3 atom stereocenters. The standard InChI is InChI=1S/C32H39N7O5S/c1-17-12-38(13-18(2)42-17)30(40)19-6-7-22-26(9-19)45-29-27(22)28(33-16-34-29)36-24-8-20-11-35-37-23(20)10-25(24)43-21-14-39(15-21)31(41)44-32(3,4)5/h8,10-11,16-19,21H,6-7,9,12-15H2,1-5H3,(H,35,37)(H,33,34,36)/t17-,18+,19-/m0/s1. The lowest BCUT2D eigenvalue weighted by Gasteiger charge is -2.39. The van der Waals surface area contributed by atoms with E-state index in [9.17, 15) is 9.59 Å². The van der Waals surface area contributed by atoms with E-state index in [0.29, 0.717) is 44.2 Å². The number of ether oxygens (including phenoxy) is 3. The Hall–Kier alpha value is -3.97. The van der Waals surface area contributed by atoms with Crippen LogP contribution in [0.4, 0.5) is 16.3 Å². The summed E-state index contributed by atoms with van der Waals surface area (Å²) in [5, 5.41) is 12.7. The first kappa shape index (κ1) is 29.7. The third-order valence-electron chi connectivity index (χ3n) is 8.51. The van der Waals surface area contributed by atoms with Gasteiger partial charge >= 0.3 is 6.09 Å². The van der Waals surface area contributed by atoms with E-state index in [1.54, 1.807) is 28.8 Å².